The van der Waals surface area contributed by atoms with Crippen molar-refractivity contribution in [2.45, 2.75) is 25.7 Å². The van der Waals surface area contributed by atoms with Crippen LogP contribution in [0, 0.1) is 0 Å². The summed E-state index contributed by atoms with van der Waals surface area (Å²) in [4.78, 5) is 34.0. The van der Waals surface area contributed by atoms with Gasteiger partial charge in [0.15, 0.2) is 0 Å². The molecule has 2 amide bonds. The van der Waals surface area contributed by atoms with E-state index >= 15 is 0 Å². The van der Waals surface area contributed by atoms with Crippen LogP contribution in [0.15, 0.2) is 67.0 Å². The maximum absolute atomic E-state index is 12.4. The fourth-order valence-corrected chi connectivity index (χ4v) is 3.29. The number of anilines is 3. The molecule has 9 heteroatoms. The van der Waals surface area contributed by atoms with Gasteiger partial charge in [-0.2, -0.15) is 0 Å². The Kier molecular flexibility index (Phi) is 8.53. The third-order valence-corrected chi connectivity index (χ3v) is 5.02. The summed E-state index contributed by atoms with van der Waals surface area (Å²) in [7, 11) is 0. The maximum Gasteiger partial charge on any atom is 0.254 e. The van der Waals surface area contributed by atoms with E-state index in [4.69, 9.17) is 16.8 Å². The number of carbonyl (C=O) groups excluding carboxylic acids is 2. The normalized spacial score (nSPS) is 10.4. The van der Waals surface area contributed by atoms with Gasteiger partial charge in [-0.15, -0.1) is 0 Å². The molecule has 32 heavy (non-hydrogen) atoms. The molecular weight excluding hydrogens is 430 g/mol. The summed E-state index contributed by atoms with van der Waals surface area (Å²) in [5.74, 6) is -0.288. The molecule has 0 radical (unpaired) electrons. The molecule has 0 unspecified atom stereocenters. The highest BCUT2D eigenvalue weighted by Gasteiger charge is 2.18. The van der Waals surface area contributed by atoms with Crippen LogP contribution in [0.25, 0.3) is 0 Å². The van der Waals surface area contributed by atoms with E-state index in [1.807, 2.05) is 53.4 Å². The zero-order chi connectivity index (χ0) is 22.8. The first-order chi connectivity index (χ1) is 15.6. The minimum Gasteiger partial charge on any atom is -0.352 e. The third-order valence-electron chi connectivity index (χ3n) is 4.70. The van der Waals surface area contributed by atoms with Crippen molar-refractivity contribution >= 4 is 40.7 Å². The Hall–Kier alpha value is -3.49. The SMILES string of the molecule is O=C(CCCCCNC(=O)c1cnc(N(c2ccccc2)c2ccccc2Cl)nc1)NO. The Morgan fingerprint density at radius 3 is 2.31 bits per heavy atom. The number of para-hydroxylation sites is 2. The smallest absolute Gasteiger partial charge is 0.254 e. The summed E-state index contributed by atoms with van der Waals surface area (Å²) in [6, 6.07) is 17.0. The highest BCUT2D eigenvalue weighted by Crippen LogP contribution is 2.36. The number of unbranched alkanes of at least 4 members (excludes halogenated alkanes) is 2. The van der Waals surface area contributed by atoms with Gasteiger partial charge < -0.3 is 5.32 Å². The van der Waals surface area contributed by atoms with Crippen molar-refractivity contribution < 1.29 is 14.8 Å². The van der Waals surface area contributed by atoms with Gasteiger partial charge in [-0.25, -0.2) is 15.4 Å². The van der Waals surface area contributed by atoms with E-state index < -0.39 is 5.91 Å². The molecule has 0 fully saturated rings. The van der Waals surface area contributed by atoms with Crippen LogP contribution in [0.5, 0.6) is 0 Å². The van der Waals surface area contributed by atoms with Crippen LogP contribution in [0.1, 0.15) is 36.0 Å². The number of halogens is 1. The fourth-order valence-electron chi connectivity index (χ4n) is 3.07. The Bertz CT molecular complexity index is 1030. The average Bonchev–Trinajstić information content (AvgIpc) is 2.83. The number of hydrogen-bond donors (Lipinski definition) is 3. The summed E-state index contributed by atoms with van der Waals surface area (Å²) < 4.78 is 0. The van der Waals surface area contributed by atoms with E-state index in [0.717, 1.165) is 24.2 Å². The molecule has 3 N–H and O–H groups in total. The molecule has 0 saturated heterocycles. The fraction of sp³-hybridized carbons (Fsp3) is 0.217. The molecule has 0 spiro atoms. The number of nitrogens with one attached hydrogen (secondary N) is 2. The van der Waals surface area contributed by atoms with E-state index in [9.17, 15) is 9.59 Å². The average molecular weight is 454 g/mol. The Morgan fingerprint density at radius 2 is 1.62 bits per heavy atom. The van der Waals surface area contributed by atoms with Gasteiger partial charge in [-0.05, 0) is 37.1 Å². The molecular formula is C23H24ClN5O3. The number of rotatable bonds is 10. The van der Waals surface area contributed by atoms with E-state index in [1.54, 1.807) is 11.5 Å². The van der Waals surface area contributed by atoms with Crippen LogP contribution in [0.3, 0.4) is 0 Å². The lowest BCUT2D eigenvalue weighted by molar-refractivity contribution is -0.129. The van der Waals surface area contributed by atoms with Gasteiger partial charge in [0.2, 0.25) is 11.9 Å². The van der Waals surface area contributed by atoms with Crippen molar-refractivity contribution in [3.63, 3.8) is 0 Å². The summed E-state index contributed by atoms with van der Waals surface area (Å²) >= 11 is 6.42. The van der Waals surface area contributed by atoms with Crippen LogP contribution >= 0.6 is 11.6 Å². The molecule has 0 bridgehead atoms. The number of benzene rings is 2. The van der Waals surface area contributed by atoms with Gasteiger partial charge in [0.05, 0.1) is 16.3 Å². The van der Waals surface area contributed by atoms with Gasteiger partial charge in [0.1, 0.15) is 0 Å². The number of nitrogens with zero attached hydrogens (tertiary/aromatic N) is 3. The largest absolute Gasteiger partial charge is 0.352 e. The molecule has 8 nitrogen and oxygen atoms in total. The number of hydroxylamine groups is 1. The van der Waals surface area contributed by atoms with E-state index in [1.165, 1.54) is 12.4 Å². The molecule has 3 aromatic rings. The molecule has 0 aliphatic heterocycles. The monoisotopic (exact) mass is 453 g/mol. The second-order valence-electron chi connectivity index (χ2n) is 7.00. The molecule has 0 aliphatic carbocycles. The van der Waals surface area contributed by atoms with Crippen molar-refractivity contribution in [2.24, 2.45) is 0 Å². The lowest BCUT2D eigenvalue weighted by Crippen LogP contribution is -2.25. The second kappa shape index (κ2) is 11.8. The zero-order valence-corrected chi connectivity index (χ0v) is 18.1. The predicted octanol–water partition coefficient (Wildman–Crippen LogP) is 4.40. The van der Waals surface area contributed by atoms with Crippen molar-refractivity contribution in [3.05, 3.63) is 77.6 Å². The van der Waals surface area contributed by atoms with Crippen molar-refractivity contribution in [1.82, 2.24) is 20.8 Å². The highest BCUT2D eigenvalue weighted by atomic mass is 35.5. The highest BCUT2D eigenvalue weighted by molar-refractivity contribution is 6.33. The van der Waals surface area contributed by atoms with Gasteiger partial charge >= 0.3 is 0 Å². The molecule has 0 aliphatic rings. The van der Waals surface area contributed by atoms with E-state index in [-0.39, 0.29) is 12.3 Å². The van der Waals surface area contributed by atoms with Crippen molar-refractivity contribution in [2.75, 3.05) is 11.4 Å². The quantitative estimate of drug-likeness (QED) is 0.238. The summed E-state index contributed by atoms with van der Waals surface area (Å²) in [6.45, 7) is 0.469. The first-order valence-electron chi connectivity index (χ1n) is 10.2. The minimum absolute atomic E-state index is 0.253. The van der Waals surface area contributed by atoms with E-state index in [0.29, 0.717) is 29.5 Å². The third kappa shape index (κ3) is 6.26. The standard InChI is InChI=1S/C23H24ClN5O3/c24-19-11-6-7-12-20(19)29(18-9-3-1-4-10-18)23-26-15-17(16-27-23)22(31)25-14-8-2-5-13-21(30)28-32/h1,3-4,6-7,9-12,15-16,32H,2,5,8,13-14H2,(H,25,31)(H,28,30). The second-order valence-corrected chi connectivity index (χ2v) is 7.40. The summed E-state index contributed by atoms with van der Waals surface area (Å²) in [5.41, 5.74) is 3.52. The minimum atomic E-state index is -0.410. The lowest BCUT2D eigenvalue weighted by Gasteiger charge is -2.23. The van der Waals surface area contributed by atoms with Gasteiger partial charge in [0.25, 0.3) is 5.91 Å². The van der Waals surface area contributed by atoms with Gasteiger partial charge in [-0.3, -0.25) is 19.7 Å². The molecule has 1 aromatic heterocycles. The van der Waals surface area contributed by atoms with E-state index in [2.05, 4.69) is 15.3 Å². The Morgan fingerprint density at radius 1 is 0.938 bits per heavy atom. The number of aromatic nitrogens is 2. The first kappa shape index (κ1) is 23.2. The van der Waals surface area contributed by atoms with Crippen molar-refractivity contribution in [3.8, 4) is 0 Å². The number of carbonyl (C=O) groups is 2. The van der Waals surface area contributed by atoms with Crippen molar-refractivity contribution in [1.29, 1.82) is 0 Å². The molecule has 2 aromatic carbocycles. The Labute approximate surface area is 191 Å². The lowest BCUT2D eigenvalue weighted by atomic mass is 10.2. The van der Waals surface area contributed by atoms with Crippen LogP contribution in [-0.4, -0.2) is 33.5 Å². The zero-order valence-electron chi connectivity index (χ0n) is 17.4. The van der Waals surface area contributed by atoms with Gasteiger partial charge in [-0.1, -0.05) is 48.4 Å². The Balaban J connectivity index is 1.65. The number of hydrogen-bond acceptors (Lipinski definition) is 6. The molecule has 0 atom stereocenters. The molecule has 1 heterocycles. The first-order valence-corrected chi connectivity index (χ1v) is 10.6. The van der Waals surface area contributed by atoms with Crippen LogP contribution in [0.4, 0.5) is 17.3 Å². The number of amides is 2. The van der Waals surface area contributed by atoms with Crippen LogP contribution in [-0.2, 0) is 4.79 Å². The molecule has 3 rings (SSSR count). The maximum atomic E-state index is 12.4. The van der Waals surface area contributed by atoms with Crippen LogP contribution in [0.2, 0.25) is 5.02 Å². The summed E-state index contributed by atoms with van der Waals surface area (Å²) in [5, 5.41) is 11.8. The summed E-state index contributed by atoms with van der Waals surface area (Å²) in [6.07, 6.45) is 5.33. The molecule has 166 valence electrons. The van der Waals surface area contributed by atoms with Gasteiger partial charge in [0, 0.05) is 31.0 Å². The topological polar surface area (TPSA) is 107 Å². The van der Waals surface area contributed by atoms with Crippen LogP contribution < -0.4 is 15.7 Å². The predicted molar refractivity (Wildman–Crippen MR) is 122 cm³/mol. The molecule has 0 saturated carbocycles.